The number of fused-ring (bicyclic) bond motifs is 28. The van der Waals surface area contributed by atoms with Crippen molar-refractivity contribution in [2.75, 3.05) is 9.80 Å². The second kappa shape index (κ2) is 19.9. The smallest absolute Gasteiger partial charge is 0.0622 e. The van der Waals surface area contributed by atoms with E-state index in [4.69, 9.17) is 0 Å². The van der Waals surface area contributed by atoms with E-state index in [1.165, 1.54) is 172 Å². The fraction of sp³-hybridized carbons (Fsp3) is 0. The molecule has 0 radical (unpaired) electrons. The van der Waals surface area contributed by atoms with Gasteiger partial charge in [-0.3, -0.25) is 0 Å². The lowest BCUT2D eigenvalue weighted by Crippen LogP contribution is -2.15. The van der Waals surface area contributed by atoms with E-state index in [1.54, 1.807) is 0 Å². The molecule has 2 aliphatic rings. The first-order valence-electron chi connectivity index (χ1n) is 33.0. The molecule has 6 heteroatoms. The van der Waals surface area contributed by atoms with Gasteiger partial charge in [0.25, 0.3) is 0 Å². The highest BCUT2D eigenvalue weighted by molar-refractivity contribution is 8.00. The van der Waals surface area contributed by atoms with Gasteiger partial charge in [0.2, 0.25) is 0 Å². The van der Waals surface area contributed by atoms with Crippen molar-refractivity contribution in [3.8, 4) is 11.4 Å². The number of aromatic nitrogens is 2. The first kappa shape index (κ1) is 52.7. The minimum atomic E-state index is 1.12. The third kappa shape index (κ3) is 7.37. The van der Waals surface area contributed by atoms with Crippen LogP contribution in [0.4, 0.5) is 34.1 Å². The van der Waals surface area contributed by atoms with Gasteiger partial charge in [-0.2, -0.15) is 0 Å². The molecule has 444 valence electrons. The zero-order chi connectivity index (χ0) is 62.4. The first-order valence-corrected chi connectivity index (χ1v) is 34.6. The molecule has 0 spiro atoms. The second-order valence-electron chi connectivity index (χ2n) is 25.8. The largest absolute Gasteiger partial charge is 0.309 e. The van der Waals surface area contributed by atoms with E-state index >= 15 is 0 Å². The fourth-order valence-corrected chi connectivity index (χ4v) is 19.0. The summed E-state index contributed by atoms with van der Waals surface area (Å²) in [5.74, 6) is 0. The van der Waals surface area contributed by atoms with Crippen molar-refractivity contribution in [3.63, 3.8) is 0 Å². The number of para-hydroxylation sites is 4. The van der Waals surface area contributed by atoms with E-state index < -0.39 is 0 Å². The van der Waals surface area contributed by atoms with Gasteiger partial charge >= 0.3 is 0 Å². The van der Waals surface area contributed by atoms with Gasteiger partial charge in [0.1, 0.15) is 0 Å². The molecule has 0 bridgehead atoms. The van der Waals surface area contributed by atoms with Crippen LogP contribution >= 0.6 is 23.5 Å². The van der Waals surface area contributed by atoms with Crippen LogP contribution in [-0.4, -0.2) is 9.13 Å². The van der Waals surface area contributed by atoms with Gasteiger partial charge in [0.15, 0.2) is 0 Å². The molecule has 96 heavy (non-hydrogen) atoms. The van der Waals surface area contributed by atoms with Gasteiger partial charge in [-0.05, 0) is 218 Å². The van der Waals surface area contributed by atoms with Crippen molar-refractivity contribution in [2.45, 2.75) is 19.6 Å². The molecule has 20 aromatic rings. The van der Waals surface area contributed by atoms with Crippen LogP contribution in [-0.2, 0) is 0 Å². The lowest BCUT2D eigenvalue weighted by Gasteiger charge is -2.34. The minimum Gasteiger partial charge on any atom is -0.309 e. The zero-order valence-electron chi connectivity index (χ0n) is 51.6. The van der Waals surface area contributed by atoms with Crippen molar-refractivity contribution < 1.29 is 0 Å². The Labute approximate surface area is 559 Å². The van der Waals surface area contributed by atoms with Crippen LogP contribution in [0.5, 0.6) is 0 Å². The summed E-state index contributed by atoms with van der Waals surface area (Å²) in [6.07, 6.45) is 0. The third-order valence-corrected chi connectivity index (χ3v) is 23.1. The van der Waals surface area contributed by atoms with Gasteiger partial charge in [-0.1, -0.05) is 218 Å². The monoisotopic (exact) mass is 1250 g/mol. The van der Waals surface area contributed by atoms with Crippen LogP contribution in [0.3, 0.4) is 0 Å². The molecule has 4 heterocycles. The molecular formula is C90H52N4S2. The Bertz CT molecular complexity index is 6410. The first-order chi connectivity index (χ1) is 47.6. The highest BCUT2D eigenvalue weighted by Gasteiger charge is 2.31. The number of benzene rings is 18. The summed E-state index contributed by atoms with van der Waals surface area (Å²) >= 11 is 3.75. The Kier molecular flexibility index (Phi) is 10.9. The summed E-state index contributed by atoms with van der Waals surface area (Å²) in [6.45, 7) is 0. The molecule has 0 N–H and O–H groups in total. The van der Waals surface area contributed by atoms with Crippen LogP contribution in [0.2, 0.25) is 0 Å². The van der Waals surface area contributed by atoms with Crippen molar-refractivity contribution in [1.29, 1.82) is 0 Å². The maximum Gasteiger partial charge on any atom is 0.0622 e. The van der Waals surface area contributed by atoms with E-state index in [2.05, 4.69) is 334 Å². The van der Waals surface area contributed by atoms with Crippen molar-refractivity contribution in [1.82, 2.24) is 9.13 Å². The topological polar surface area (TPSA) is 16.3 Å². The molecule has 0 saturated heterocycles. The minimum absolute atomic E-state index is 1.12. The average Bonchev–Trinajstić information content (AvgIpc) is 1.47. The standard InChI is InChI=1S/C90H52N4S2/c1-3-21-53(22-4-1)91-81-47-73-63-31-13-9-27-59(63)57-25-7-11-29-61(57)71(73)45-75(81)77-49-89-85(51-83(77)91)93(79-35-17-19-37-87(79)95-89)55-39-41-67-68-42-40-56(44-70(68)66-34-16-15-33-65(66)69(67)43-55)94-80-36-18-20-38-88(80)96-90-50-78-76-46-72-62-30-12-8-26-58(62)60-28-10-14-32-64(60)74(72)48-82(76)92(84(78)52-86(90)94)54-23-5-2-6-24-54/h1-52H. The van der Waals surface area contributed by atoms with Gasteiger partial charge in [-0.25, -0.2) is 0 Å². The van der Waals surface area contributed by atoms with E-state index in [9.17, 15) is 0 Å². The number of hydrogen-bond donors (Lipinski definition) is 0. The van der Waals surface area contributed by atoms with E-state index in [0.29, 0.717) is 0 Å². The summed E-state index contributed by atoms with van der Waals surface area (Å²) in [7, 11) is 0. The van der Waals surface area contributed by atoms with E-state index in [0.717, 1.165) is 34.1 Å². The lowest BCUT2D eigenvalue weighted by atomic mass is 9.93. The molecule has 0 saturated carbocycles. The molecule has 2 aliphatic heterocycles. The summed E-state index contributed by atoms with van der Waals surface area (Å²) in [4.78, 5) is 9.96. The van der Waals surface area contributed by atoms with Crippen LogP contribution in [0, 0.1) is 0 Å². The highest BCUT2D eigenvalue weighted by atomic mass is 32.2. The molecular weight excluding hydrogens is 1200 g/mol. The van der Waals surface area contributed by atoms with Crippen LogP contribution in [0.25, 0.3) is 152 Å². The number of rotatable bonds is 4. The Morgan fingerprint density at radius 2 is 0.427 bits per heavy atom. The molecule has 0 atom stereocenters. The fourth-order valence-electron chi connectivity index (χ4n) is 16.8. The maximum atomic E-state index is 2.52. The quantitative estimate of drug-likeness (QED) is 0.163. The second-order valence-corrected chi connectivity index (χ2v) is 28.0. The number of nitrogens with zero attached hydrogens (tertiary/aromatic N) is 4. The number of anilines is 6. The van der Waals surface area contributed by atoms with Crippen molar-refractivity contribution >= 4 is 198 Å². The van der Waals surface area contributed by atoms with E-state index in [-0.39, 0.29) is 0 Å². The predicted octanol–water partition coefficient (Wildman–Crippen LogP) is 26.1. The third-order valence-electron chi connectivity index (χ3n) is 20.9. The molecule has 0 aliphatic carbocycles. The summed E-state index contributed by atoms with van der Waals surface area (Å²) in [6, 6.07) is 119. The normalized spacial score (nSPS) is 13.1. The molecule has 0 fully saturated rings. The SMILES string of the molecule is c1ccc(-n2c3cc4c(cc3c3cc5c6ccccc6c6ccccc6c5cc32)Sc2ccccc2N4c2ccc3c4ccc(N5c6ccccc6Sc6cc7c8cc9c%10ccccc%10c%10ccccc%10c9cc8n(-c8ccccc8)c7cc65)cc4c4ccccc4c3c2)cc1. The molecule has 0 amide bonds. The van der Waals surface area contributed by atoms with Gasteiger partial charge in [-0.15, -0.1) is 0 Å². The summed E-state index contributed by atoms with van der Waals surface area (Å²) < 4.78 is 5.00. The van der Waals surface area contributed by atoms with Crippen molar-refractivity contribution in [2.24, 2.45) is 0 Å². The zero-order valence-corrected chi connectivity index (χ0v) is 53.3. The van der Waals surface area contributed by atoms with Crippen LogP contribution in [0.15, 0.2) is 335 Å². The molecule has 0 unspecified atom stereocenters. The van der Waals surface area contributed by atoms with Gasteiger partial charge in [0, 0.05) is 63.9 Å². The Morgan fingerprint density at radius 1 is 0.156 bits per heavy atom. The highest BCUT2D eigenvalue weighted by Crippen LogP contribution is 2.57. The molecule has 4 nitrogen and oxygen atoms in total. The van der Waals surface area contributed by atoms with Crippen LogP contribution in [0.1, 0.15) is 0 Å². The van der Waals surface area contributed by atoms with Crippen molar-refractivity contribution in [3.05, 3.63) is 315 Å². The predicted molar refractivity (Wildman–Crippen MR) is 410 cm³/mol. The molecule has 22 rings (SSSR count). The lowest BCUT2D eigenvalue weighted by molar-refractivity contribution is 1.15. The number of hydrogen-bond acceptors (Lipinski definition) is 4. The molecule has 2 aromatic heterocycles. The molecule has 18 aromatic carbocycles. The van der Waals surface area contributed by atoms with Gasteiger partial charge in [0.05, 0.1) is 44.8 Å². The Hall–Kier alpha value is -11.8. The maximum absolute atomic E-state index is 2.52. The summed E-state index contributed by atoms with van der Waals surface area (Å²) in [5.41, 5.74) is 13.9. The Balaban J connectivity index is 0.734. The average molecular weight is 1250 g/mol. The summed E-state index contributed by atoms with van der Waals surface area (Å²) in [5, 5.41) is 27.6. The van der Waals surface area contributed by atoms with E-state index in [1.807, 2.05) is 23.5 Å². The van der Waals surface area contributed by atoms with Crippen LogP contribution < -0.4 is 9.80 Å². The van der Waals surface area contributed by atoms with Gasteiger partial charge < -0.3 is 18.9 Å². The Morgan fingerprint density at radius 3 is 0.792 bits per heavy atom.